The van der Waals surface area contributed by atoms with Gasteiger partial charge in [-0.1, -0.05) is 29.8 Å². The fourth-order valence-electron chi connectivity index (χ4n) is 2.42. The van der Waals surface area contributed by atoms with Gasteiger partial charge in [-0.25, -0.2) is 4.98 Å². The van der Waals surface area contributed by atoms with Crippen LogP contribution in [0.2, 0.25) is 0 Å². The number of benzene rings is 1. The Kier molecular flexibility index (Phi) is 9.37. The van der Waals surface area contributed by atoms with E-state index in [0.29, 0.717) is 13.1 Å². The van der Waals surface area contributed by atoms with E-state index in [0.717, 1.165) is 34.3 Å². The van der Waals surface area contributed by atoms with Crippen LogP contribution in [0.3, 0.4) is 0 Å². The predicted octanol–water partition coefficient (Wildman–Crippen LogP) is 3.51. The molecule has 2 N–H and O–H groups in total. The van der Waals surface area contributed by atoms with Gasteiger partial charge in [-0.05, 0) is 26.3 Å². The first-order chi connectivity index (χ1) is 11.5. The molecule has 138 valence electrons. The van der Waals surface area contributed by atoms with Gasteiger partial charge in [0.25, 0.3) is 0 Å². The molecule has 0 bridgehead atoms. The van der Waals surface area contributed by atoms with E-state index >= 15 is 0 Å². The molecule has 0 aliphatic rings. The van der Waals surface area contributed by atoms with Crippen molar-refractivity contribution >= 4 is 41.3 Å². The van der Waals surface area contributed by atoms with Crippen LogP contribution in [0.5, 0.6) is 0 Å². The zero-order chi connectivity index (χ0) is 17.5. The van der Waals surface area contributed by atoms with Crippen LogP contribution in [-0.4, -0.2) is 41.1 Å². The number of aliphatic hydroxyl groups is 1. The maximum atomic E-state index is 10.4. The molecule has 2 aromatic rings. The van der Waals surface area contributed by atoms with Crippen molar-refractivity contribution in [1.29, 1.82) is 0 Å². The first-order valence-electron chi connectivity index (χ1n) is 8.14. The monoisotopic (exact) mass is 474 g/mol. The highest BCUT2D eigenvalue weighted by atomic mass is 127. The normalized spacial score (nSPS) is 12.4. The van der Waals surface area contributed by atoms with Crippen molar-refractivity contribution in [2.24, 2.45) is 4.99 Å². The van der Waals surface area contributed by atoms with Crippen molar-refractivity contribution in [2.75, 3.05) is 20.1 Å². The van der Waals surface area contributed by atoms with Gasteiger partial charge in [-0.2, -0.15) is 0 Å². The molecule has 1 aromatic heterocycles. The SMILES string of the molecule is CCNC(=NCC(O)c1cccc(C)c1)N(C)Cc1csc(C)n1.I. The zero-order valence-corrected chi connectivity index (χ0v) is 18.3. The summed E-state index contributed by atoms with van der Waals surface area (Å²) in [5.74, 6) is 0.773. The number of aliphatic hydroxyl groups excluding tert-OH is 1. The Bertz CT molecular complexity index is 689. The molecule has 0 radical (unpaired) electrons. The summed E-state index contributed by atoms with van der Waals surface area (Å²) in [7, 11) is 1.98. The van der Waals surface area contributed by atoms with Crippen LogP contribution in [0.4, 0.5) is 0 Å². The van der Waals surface area contributed by atoms with E-state index in [-0.39, 0.29) is 24.0 Å². The summed E-state index contributed by atoms with van der Waals surface area (Å²) in [6.07, 6.45) is -0.603. The molecule has 0 aliphatic carbocycles. The summed E-state index contributed by atoms with van der Waals surface area (Å²) in [4.78, 5) is 11.1. The van der Waals surface area contributed by atoms with Crippen molar-refractivity contribution in [1.82, 2.24) is 15.2 Å². The Morgan fingerprint density at radius 1 is 1.40 bits per heavy atom. The minimum absolute atomic E-state index is 0. The molecule has 0 fully saturated rings. The highest BCUT2D eigenvalue weighted by molar-refractivity contribution is 14.0. The summed E-state index contributed by atoms with van der Waals surface area (Å²) >= 11 is 1.65. The Morgan fingerprint density at radius 3 is 2.76 bits per heavy atom. The lowest BCUT2D eigenvalue weighted by Gasteiger charge is -2.21. The van der Waals surface area contributed by atoms with Crippen LogP contribution in [0.15, 0.2) is 34.6 Å². The van der Waals surface area contributed by atoms with Crippen LogP contribution in [0, 0.1) is 13.8 Å². The molecule has 1 aromatic carbocycles. The molecule has 0 saturated heterocycles. The second-order valence-electron chi connectivity index (χ2n) is 5.84. The number of aryl methyl sites for hydroxylation is 2. The third kappa shape index (κ3) is 6.91. The van der Waals surface area contributed by atoms with Crippen LogP contribution < -0.4 is 5.32 Å². The largest absolute Gasteiger partial charge is 0.386 e. The second kappa shape index (κ2) is 10.7. The van der Waals surface area contributed by atoms with Crippen molar-refractivity contribution < 1.29 is 5.11 Å². The Morgan fingerprint density at radius 2 is 2.16 bits per heavy atom. The molecule has 5 nitrogen and oxygen atoms in total. The maximum absolute atomic E-state index is 10.4. The van der Waals surface area contributed by atoms with Crippen LogP contribution in [0.25, 0.3) is 0 Å². The Balaban J connectivity index is 0.00000312. The predicted molar refractivity (Wildman–Crippen MR) is 116 cm³/mol. The van der Waals surface area contributed by atoms with Gasteiger partial charge in [0.1, 0.15) is 0 Å². The number of nitrogens with one attached hydrogen (secondary N) is 1. The van der Waals surface area contributed by atoms with E-state index in [9.17, 15) is 5.11 Å². The number of aromatic nitrogens is 1. The number of guanidine groups is 1. The molecule has 1 atom stereocenters. The maximum Gasteiger partial charge on any atom is 0.194 e. The van der Waals surface area contributed by atoms with Crippen LogP contribution >= 0.6 is 35.3 Å². The Hall–Kier alpha value is -1.19. The third-order valence-electron chi connectivity index (χ3n) is 3.60. The molecule has 0 saturated carbocycles. The lowest BCUT2D eigenvalue weighted by Crippen LogP contribution is -2.38. The highest BCUT2D eigenvalue weighted by Gasteiger charge is 2.11. The molecule has 1 heterocycles. The summed E-state index contributed by atoms with van der Waals surface area (Å²) < 4.78 is 0. The van der Waals surface area contributed by atoms with Crippen molar-refractivity contribution in [2.45, 2.75) is 33.4 Å². The van der Waals surface area contributed by atoms with E-state index in [1.54, 1.807) is 11.3 Å². The second-order valence-corrected chi connectivity index (χ2v) is 6.90. The first-order valence-corrected chi connectivity index (χ1v) is 9.02. The number of nitrogens with zero attached hydrogens (tertiary/aromatic N) is 3. The quantitative estimate of drug-likeness (QED) is 0.382. The number of hydrogen-bond donors (Lipinski definition) is 2. The molecule has 7 heteroatoms. The van der Waals surface area contributed by atoms with E-state index < -0.39 is 6.10 Å². The minimum atomic E-state index is -0.603. The number of aliphatic imine (C=N–C) groups is 1. The van der Waals surface area contributed by atoms with E-state index in [2.05, 4.69) is 20.7 Å². The zero-order valence-electron chi connectivity index (χ0n) is 15.2. The van der Waals surface area contributed by atoms with E-state index in [1.807, 2.05) is 57.0 Å². The third-order valence-corrected chi connectivity index (χ3v) is 4.43. The van der Waals surface area contributed by atoms with Crippen molar-refractivity contribution in [3.05, 3.63) is 51.5 Å². The standard InChI is InChI=1S/C18H26N4OS.HI/c1-5-19-18(22(4)11-16-12-24-14(3)21-16)20-10-17(23)15-8-6-7-13(2)9-15;/h6-9,12,17,23H,5,10-11H2,1-4H3,(H,19,20);1H. The summed E-state index contributed by atoms with van der Waals surface area (Å²) in [5.41, 5.74) is 3.07. The fourth-order valence-corrected chi connectivity index (χ4v) is 3.03. The number of thiazole rings is 1. The number of halogens is 1. The van der Waals surface area contributed by atoms with Crippen molar-refractivity contribution in [3.8, 4) is 0 Å². The average molecular weight is 474 g/mol. The molecule has 0 aliphatic heterocycles. The summed E-state index contributed by atoms with van der Waals surface area (Å²) in [6, 6.07) is 7.91. The molecule has 2 rings (SSSR count). The molecular weight excluding hydrogens is 447 g/mol. The fraction of sp³-hybridized carbons (Fsp3) is 0.444. The lowest BCUT2D eigenvalue weighted by atomic mass is 10.1. The van der Waals surface area contributed by atoms with Gasteiger partial charge in [0.15, 0.2) is 5.96 Å². The molecule has 1 unspecified atom stereocenters. The van der Waals surface area contributed by atoms with Gasteiger partial charge in [-0.3, -0.25) is 4.99 Å². The van der Waals surface area contributed by atoms with Gasteiger partial charge < -0.3 is 15.3 Å². The average Bonchev–Trinajstić information content (AvgIpc) is 2.96. The van der Waals surface area contributed by atoms with Crippen LogP contribution in [-0.2, 0) is 6.54 Å². The van der Waals surface area contributed by atoms with Gasteiger partial charge in [-0.15, -0.1) is 35.3 Å². The van der Waals surface area contributed by atoms with E-state index in [4.69, 9.17) is 0 Å². The van der Waals surface area contributed by atoms with Crippen LogP contribution in [0.1, 0.15) is 34.9 Å². The summed E-state index contributed by atoms with van der Waals surface area (Å²) in [5, 5.41) is 16.8. The number of hydrogen-bond acceptors (Lipinski definition) is 4. The minimum Gasteiger partial charge on any atom is -0.386 e. The Labute approximate surface area is 171 Å². The first kappa shape index (κ1) is 21.9. The van der Waals surface area contributed by atoms with Gasteiger partial charge in [0, 0.05) is 19.0 Å². The molecule has 0 spiro atoms. The van der Waals surface area contributed by atoms with E-state index in [1.165, 1.54) is 0 Å². The highest BCUT2D eigenvalue weighted by Crippen LogP contribution is 2.15. The van der Waals surface area contributed by atoms with Gasteiger partial charge in [0.05, 0.1) is 29.9 Å². The molecule has 25 heavy (non-hydrogen) atoms. The smallest absolute Gasteiger partial charge is 0.194 e. The molecular formula is C18H27IN4OS. The molecule has 0 amide bonds. The summed E-state index contributed by atoms with van der Waals surface area (Å²) in [6.45, 7) is 7.86. The van der Waals surface area contributed by atoms with Gasteiger partial charge >= 0.3 is 0 Å². The van der Waals surface area contributed by atoms with Gasteiger partial charge in [0.2, 0.25) is 0 Å². The topological polar surface area (TPSA) is 60.8 Å². The lowest BCUT2D eigenvalue weighted by molar-refractivity contribution is 0.186. The van der Waals surface area contributed by atoms with Crippen molar-refractivity contribution in [3.63, 3.8) is 0 Å². The number of rotatable bonds is 6.